The third-order valence-electron chi connectivity index (χ3n) is 6.36. The van der Waals surface area contributed by atoms with E-state index in [0.29, 0.717) is 6.54 Å². The number of nitrogens with zero attached hydrogens (tertiary/aromatic N) is 1. The molecule has 0 fully saturated rings. The quantitative estimate of drug-likeness (QED) is 0.301. The first kappa shape index (κ1) is 20.3. The van der Waals surface area contributed by atoms with Gasteiger partial charge in [0.25, 0.3) is 0 Å². The molecule has 3 aromatic carbocycles. The van der Waals surface area contributed by atoms with Crippen molar-refractivity contribution in [2.45, 2.75) is 26.7 Å². The largest absolute Gasteiger partial charge is 0.456 e. The minimum atomic E-state index is 0.673. The molecule has 0 spiro atoms. The maximum absolute atomic E-state index is 6.24. The summed E-state index contributed by atoms with van der Waals surface area (Å²) < 4.78 is 6.24. The van der Waals surface area contributed by atoms with E-state index in [9.17, 15) is 0 Å². The Labute approximate surface area is 189 Å². The van der Waals surface area contributed by atoms with Gasteiger partial charge in [-0.25, -0.2) is 0 Å². The van der Waals surface area contributed by atoms with Crippen molar-refractivity contribution in [1.82, 2.24) is 0 Å². The van der Waals surface area contributed by atoms with Gasteiger partial charge in [0.1, 0.15) is 11.2 Å². The van der Waals surface area contributed by atoms with E-state index in [1.54, 1.807) is 0 Å². The summed E-state index contributed by atoms with van der Waals surface area (Å²) in [5, 5.41) is 2.32. The average molecular weight is 418 g/mol. The normalized spacial score (nSPS) is 13.8. The molecule has 2 nitrogen and oxygen atoms in total. The second-order valence-electron chi connectivity index (χ2n) is 8.42. The van der Waals surface area contributed by atoms with Gasteiger partial charge in [0, 0.05) is 10.8 Å². The first-order valence-electron chi connectivity index (χ1n) is 11.2. The molecule has 5 rings (SSSR count). The maximum atomic E-state index is 6.24. The fraction of sp³-hybridized carbons (Fsp3) is 0.167. The Balaban J connectivity index is 1.69. The smallest absolute Gasteiger partial charge is 0.136 e. The molecule has 4 aromatic rings. The number of benzene rings is 3. The van der Waals surface area contributed by atoms with E-state index in [1.807, 2.05) is 0 Å². The molecule has 0 saturated heterocycles. The summed E-state index contributed by atoms with van der Waals surface area (Å²) in [6.07, 6.45) is 10.7. The lowest BCUT2D eigenvalue weighted by Gasteiger charge is -2.08. The van der Waals surface area contributed by atoms with Gasteiger partial charge < -0.3 is 4.42 Å². The highest BCUT2D eigenvalue weighted by atomic mass is 16.3. The highest BCUT2D eigenvalue weighted by molar-refractivity contribution is 6.12. The molecule has 0 N–H and O–H groups in total. The van der Waals surface area contributed by atoms with E-state index in [-0.39, 0.29) is 0 Å². The third-order valence-corrected chi connectivity index (χ3v) is 6.36. The summed E-state index contributed by atoms with van der Waals surface area (Å²) in [5.74, 6) is 0. The predicted octanol–water partition coefficient (Wildman–Crippen LogP) is 8.09. The van der Waals surface area contributed by atoms with Crippen molar-refractivity contribution in [1.29, 1.82) is 0 Å². The standard InChI is InChI=1S/C30H27NO/c1-4-22-17-24(13-11-20(22)2)25-15-16-28-27(18-25)30-26(9-6-10-29(30)32-28)23-8-5-7-21(12-14-23)19-31-3/h5-6,8-18H,3-4,7,19H2,1-2H3. The molecule has 0 radical (unpaired) electrons. The molecule has 1 aliphatic carbocycles. The molecule has 0 saturated carbocycles. The van der Waals surface area contributed by atoms with Gasteiger partial charge in [-0.1, -0.05) is 67.6 Å². The average Bonchev–Trinajstić information content (AvgIpc) is 3.03. The summed E-state index contributed by atoms with van der Waals surface area (Å²) in [7, 11) is 0. The molecule has 2 heteroatoms. The third kappa shape index (κ3) is 3.62. The second-order valence-corrected chi connectivity index (χ2v) is 8.42. The first-order chi connectivity index (χ1) is 15.7. The van der Waals surface area contributed by atoms with Crippen molar-refractivity contribution in [3.63, 3.8) is 0 Å². The van der Waals surface area contributed by atoms with Gasteiger partial charge in [-0.3, -0.25) is 4.99 Å². The van der Waals surface area contributed by atoms with Gasteiger partial charge in [0.15, 0.2) is 0 Å². The lowest BCUT2D eigenvalue weighted by atomic mass is 9.95. The minimum absolute atomic E-state index is 0.673. The van der Waals surface area contributed by atoms with E-state index in [1.165, 1.54) is 44.3 Å². The summed E-state index contributed by atoms with van der Waals surface area (Å²) in [6.45, 7) is 8.70. The number of fused-ring (bicyclic) bond motifs is 3. The van der Waals surface area contributed by atoms with Crippen molar-refractivity contribution < 1.29 is 4.42 Å². The summed E-state index contributed by atoms with van der Waals surface area (Å²) >= 11 is 0. The van der Waals surface area contributed by atoms with Crippen LogP contribution in [-0.4, -0.2) is 13.3 Å². The highest BCUT2D eigenvalue weighted by Gasteiger charge is 2.14. The van der Waals surface area contributed by atoms with Crippen LogP contribution in [-0.2, 0) is 6.42 Å². The Morgan fingerprint density at radius 3 is 2.66 bits per heavy atom. The molecular formula is C30H27NO. The van der Waals surface area contributed by atoms with Crippen LogP contribution in [0.1, 0.15) is 30.0 Å². The van der Waals surface area contributed by atoms with Crippen LogP contribution < -0.4 is 0 Å². The van der Waals surface area contributed by atoms with Crippen LogP contribution in [0.25, 0.3) is 38.6 Å². The molecule has 32 heavy (non-hydrogen) atoms. The fourth-order valence-electron chi connectivity index (χ4n) is 4.59. The van der Waals surface area contributed by atoms with E-state index < -0.39 is 0 Å². The number of aliphatic imine (C=N–C) groups is 1. The van der Waals surface area contributed by atoms with Crippen LogP contribution in [0.3, 0.4) is 0 Å². The molecule has 0 atom stereocenters. The molecule has 0 aliphatic heterocycles. The number of allylic oxidation sites excluding steroid dienone is 5. The van der Waals surface area contributed by atoms with Crippen molar-refractivity contribution in [3.05, 3.63) is 101 Å². The fourth-order valence-corrected chi connectivity index (χ4v) is 4.59. The summed E-state index contributed by atoms with van der Waals surface area (Å²) in [4.78, 5) is 4.04. The molecule has 0 amide bonds. The first-order valence-corrected chi connectivity index (χ1v) is 11.2. The monoisotopic (exact) mass is 417 g/mol. The van der Waals surface area contributed by atoms with Crippen LogP contribution in [0, 0.1) is 6.92 Å². The summed E-state index contributed by atoms with van der Waals surface area (Å²) in [5.41, 5.74) is 10.7. The van der Waals surface area contributed by atoms with Gasteiger partial charge >= 0.3 is 0 Å². The Hall–Kier alpha value is -3.65. The minimum Gasteiger partial charge on any atom is -0.456 e. The highest BCUT2D eigenvalue weighted by Crippen LogP contribution is 2.37. The SMILES string of the molecule is C=NCC1=CC=C(c2cccc3oc4ccc(-c5ccc(C)c(CC)c5)cc4c23)C=CC1. The van der Waals surface area contributed by atoms with E-state index >= 15 is 0 Å². The lowest BCUT2D eigenvalue weighted by molar-refractivity contribution is 0.669. The molecule has 1 aliphatic rings. The molecule has 0 unspecified atom stereocenters. The lowest BCUT2D eigenvalue weighted by Crippen LogP contribution is -1.88. The van der Waals surface area contributed by atoms with Crippen molar-refractivity contribution in [3.8, 4) is 11.1 Å². The number of aryl methyl sites for hydroxylation is 2. The summed E-state index contributed by atoms with van der Waals surface area (Å²) in [6, 6.07) is 19.6. The zero-order chi connectivity index (χ0) is 22.1. The molecule has 0 bridgehead atoms. The van der Waals surface area contributed by atoms with Gasteiger partial charge in [0.05, 0.1) is 6.54 Å². The Kier molecular flexibility index (Phi) is 5.36. The molecular weight excluding hydrogens is 390 g/mol. The predicted molar refractivity (Wildman–Crippen MR) is 138 cm³/mol. The van der Waals surface area contributed by atoms with Gasteiger partial charge in [-0.2, -0.15) is 0 Å². The van der Waals surface area contributed by atoms with Crippen LogP contribution in [0.2, 0.25) is 0 Å². The van der Waals surface area contributed by atoms with E-state index in [0.717, 1.165) is 29.4 Å². The van der Waals surface area contributed by atoms with Crippen LogP contribution in [0.4, 0.5) is 0 Å². The number of furan rings is 1. The Morgan fingerprint density at radius 1 is 0.969 bits per heavy atom. The molecule has 158 valence electrons. The zero-order valence-corrected chi connectivity index (χ0v) is 18.7. The Morgan fingerprint density at radius 2 is 1.81 bits per heavy atom. The van der Waals surface area contributed by atoms with Crippen molar-refractivity contribution in [2.75, 3.05) is 6.54 Å². The number of hydrogen-bond donors (Lipinski definition) is 0. The van der Waals surface area contributed by atoms with Crippen LogP contribution in [0.15, 0.2) is 93.9 Å². The number of rotatable bonds is 5. The zero-order valence-electron chi connectivity index (χ0n) is 18.7. The maximum Gasteiger partial charge on any atom is 0.136 e. The van der Waals surface area contributed by atoms with Crippen LogP contribution >= 0.6 is 0 Å². The molecule has 1 heterocycles. The van der Waals surface area contributed by atoms with Gasteiger partial charge in [0.2, 0.25) is 0 Å². The molecule has 1 aromatic heterocycles. The second kappa shape index (κ2) is 8.47. The number of hydrogen-bond acceptors (Lipinski definition) is 2. The van der Waals surface area contributed by atoms with Crippen molar-refractivity contribution >= 4 is 34.2 Å². The van der Waals surface area contributed by atoms with Gasteiger partial charge in [-0.15, -0.1) is 0 Å². The van der Waals surface area contributed by atoms with E-state index in [2.05, 4.69) is 104 Å². The topological polar surface area (TPSA) is 25.5 Å². The van der Waals surface area contributed by atoms with E-state index in [4.69, 9.17) is 4.42 Å². The van der Waals surface area contributed by atoms with Crippen molar-refractivity contribution in [2.24, 2.45) is 4.99 Å². The van der Waals surface area contributed by atoms with Gasteiger partial charge in [-0.05, 0) is 83.6 Å². The van der Waals surface area contributed by atoms with Crippen LogP contribution in [0.5, 0.6) is 0 Å². The Bertz CT molecular complexity index is 1430.